The molecule has 0 spiro atoms. The second-order valence-corrected chi connectivity index (χ2v) is 6.31. The van der Waals surface area contributed by atoms with E-state index in [2.05, 4.69) is 60.2 Å². The van der Waals surface area contributed by atoms with Crippen LogP contribution in [0, 0.1) is 5.92 Å². The van der Waals surface area contributed by atoms with Crippen molar-refractivity contribution < 1.29 is 5.11 Å². The first-order valence-electron chi connectivity index (χ1n) is 6.58. The largest absolute Gasteiger partial charge is 0.396 e. The van der Waals surface area contributed by atoms with Gasteiger partial charge in [0, 0.05) is 29.6 Å². The van der Waals surface area contributed by atoms with Gasteiger partial charge >= 0.3 is 0 Å². The van der Waals surface area contributed by atoms with E-state index in [4.69, 9.17) is 5.11 Å². The number of hydrogen-bond donors (Lipinski definition) is 2. The van der Waals surface area contributed by atoms with E-state index in [-0.39, 0.29) is 12.0 Å². The van der Waals surface area contributed by atoms with Crippen LogP contribution in [-0.4, -0.2) is 24.8 Å². The molecule has 102 valence electrons. The highest BCUT2D eigenvalue weighted by Gasteiger charge is 2.22. The lowest BCUT2D eigenvalue weighted by atomic mass is 9.84. The molecule has 18 heavy (non-hydrogen) atoms. The Balaban J connectivity index is 2.57. The molecule has 0 aliphatic heterocycles. The lowest BCUT2D eigenvalue weighted by Crippen LogP contribution is -2.36. The Morgan fingerprint density at radius 2 is 2.00 bits per heavy atom. The predicted octanol–water partition coefficient (Wildman–Crippen LogP) is 3.33. The van der Waals surface area contributed by atoms with Gasteiger partial charge in [0.25, 0.3) is 0 Å². The maximum atomic E-state index is 9.17. The normalized spacial score (nSPS) is 13.6. The van der Waals surface area contributed by atoms with E-state index in [1.165, 1.54) is 5.56 Å². The molecule has 0 amide bonds. The van der Waals surface area contributed by atoms with E-state index in [1.54, 1.807) is 0 Å². The summed E-state index contributed by atoms with van der Waals surface area (Å²) in [5.74, 6) is 0.361. The van der Waals surface area contributed by atoms with Gasteiger partial charge in [0.15, 0.2) is 0 Å². The minimum absolute atomic E-state index is 0.0772. The highest BCUT2D eigenvalue weighted by Crippen LogP contribution is 2.29. The second-order valence-electron chi connectivity index (χ2n) is 5.45. The van der Waals surface area contributed by atoms with Gasteiger partial charge in [-0.25, -0.2) is 0 Å². The van der Waals surface area contributed by atoms with Gasteiger partial charge < -0.3 is 10.4 Å². The van der Waals surface area contributed by atoms with Crippen molar-refractivity contribution in [3.8, 4) is 0 Å². The Morgan fingerprint density at radius 3 is 2.56 bits per heavy atom. The average Bonchev–Trinajstić information content (AvgIpc) is 2.35. The van der Waals surface area contributed by atoms with Gasteiger partial charge in [-0.3, -0.25) is 0 Å². The van der Waals surface area contributed by atoms with Crippen molar-refractivity contribution in [3.63, 3.8) is 0 Å². The standard InChI is InChI=1S/C15H24BrNO/c1-4-12(10-18)9-17-11-15(2,3)13-7-5-6-8-14(13)16/h5-8,12,17-18H,4,9-11H2,1-3H3. The van der Waals surface area contributed by atoms with Crippen LogP contribution in [0.4, 0.5) is 0 Å². The minimum Gasteiger partial charge on any atom is -0.396 e. The van der Waals surface area contributed by atoms with Gasteiger partial charge in [-0.05, 0) is 24.0 Å². The topological polar surface area (TPSA) is 32.3 Å². The number of rotatable bonds is 7. The molecule has 1 aromatic carbocycles. The highest BCUT2D eigenvalue weighted by molar-refractivity contribution is 9.10. The first-order chi connectivity index (χ1) is 8.51. The molecule has 0 bridgehead atoms. The second kappa shape index (κ2) is 7.27. The van der Waals surface area contributed by atoms with E-state index < -0.39 is 0 Å². The van der Waals surface area contributed by atoms with Crippen LogP contribution in [0.5, 0.6) is 0 Å². The summed E-state index contributed by atoms with van der Waals surface area (Å²) in [6, 6.07) is 8.36. The van der Waals surface area contributed by atoms with Crippen molar-refractivity contribution in [1.82, 2.24) is 5.32 Å². The Morgan fingerprint density at radius 1 is 1.33 bits per heavy atom. The van der Waals surface area contributed by atoms with Crippen molar-refractivity contribution in [3.05, 3.63) is 34.3 Å². The third-order valence-corrected chi connectivity index (χ3v) is 4.13. The summed E-state index contributed by atoms with van der Waals surface area (Å²) < 4.78 is 1.16. The van der Waals surface area contributed by atoms with Crippen LogP contribution in [0.15, 0.2) is 28.7 Å². The maximum absolute atomic E-state index is 9.17. The Hall–Kier alpha value is -0.380. The molecule has 0 aromatic heterocycles. The van der Waals surface area contributed by atoms with Crippen LogP contribution < -0.4 is 5.32 Å². The quantitative estimate of drug-likeness (QED) is 0.809. The zero-order valence-corrected chi connectivity index (χ0v) is 13.1. The molecule has 0 heterocycles. The fraction of sp³-hybridized carbons (Fsp3) is 0.600. The van der Waals surface area contributed by atoms with Crippen LogP contribution >= 0.6 is 15.9 Å². The third-order valence-electron chi connectivity index (χ3n) is 3.44. The molecule has 1 atom stereocenters. The Bertz CT molecular complexity index is 361. The maximum Gasteiger partial charge on any atom is 0.0471 e. The van der Waals surface area contributed by atoms with E-state index >= 15 is 0 Å². The summed E-state index contributed by atoms with van der Waals surface area (Å²) in [6.07, 6.45) is 1.01. The number of hydrogen-bond acceptors (Lipinski definition) is 2. The highest BCUT2D eigenvalue weighted by atomic mass is 79.9. The summed E-state index contributed by atoms with van der Waals surface area (Å²) >= 11 is 3.61. The van der Waals surface area contributed by atoms with Gasteiger partial charge in [-0.15, -0.1) is 0 Å². The molecule has 1 unspecified atom stereocenters. The molecule has 1 rings (SSSR count). The van der Waals surface area contributed by atoms with Crippen molar-refractivity contribution in [2.75, 3.05) is 19.7 Å². The monoisotopic (exact) mass is 313 g/mol. The molecule has 1 aromatic rings. The van der Waals surface area contributed by atoms with Crippen molar-refractivity contribution in [2.45, 2.75) is 32.6 Å². The van der Waals surface area contributed by atoms with E-state index in [1.807, 2.05) is 6.07 Å². The molecule has 0 saturated carbocycles. The van der Waals surface area contributed by atoms with Gasteiger partial charge in [-0.1, -0.05) is 54.9 Å². The van der Waals surface area contributed by atoms with Crippen molar-refractivity contribution >= 4 is 15.9 Å². The zero-order valence-electron chi connectivity index (χ0n) is 11.5. The van der Waals surface area contributed by atoms with E-state index in [9.17, 15) is 0 Å². The molecule has 0 fully saturated rings. The fourth-order valence-corrected chi connectivity index (χ4v) is 2.85. The molecule has 0 saturated heterocycles. The number of aliphatic hydroxyl groups is 1. The number of nitrogens with one attached hydrogen (secondary N) is 1. The first kappa shape index (κ1) is 15.7. The summed E-state index contributed by atoms with van der Waals surface area (Å²) in [5, 5.41) is 12.6. The molecule has 0 radical (unpaired) electrons. The zero-order chi connectivity index (χ0) is 13.6. The van der Waals surface area contributed by atoms with Crippen LogP contribution in [-0.2, 0) is 5.41 Å². The number of aliphatic hydroxyl groups excluding tert-OH is 1. The summed E-state index contributed by atoms with van der Waals surface area (Å²) in [6.45, 7) is 8.63. The lowest BCUT2D eigenvalue weighted by molar-refractivity contribution is 0.216. The van der Waals surface area contributed by atoms with E-state index in [0.717, 1.165) is 24.0 Å². The van der Waals surface area contributed by atoms with Gasteiger partial charge in [0.1, 0.15) is 0 Å². The summed E-state index contributed by atoms with van der Waals surface area (Å²) in [7, 11) is 0. The molecule has 3 heteroatoms. The van der Waals surface area contributed by atoms with E-state index in [0.29, 0.717) is 5.92 Å². The number of halogens is 1. The smallest absolute Gasteiger partial charge is 0.0471 e. The Kier molecular flexibility index (Phi) is 6.33. The average molecular weight is 314 g/mol. The fourth-order valence-electron chi connectivity index (χ4n) is 2.03. The first-order valence-corrected chi connectivity index (χ1v) is 7.37. The predicted molar refractivity (Wildman–Crippen MR) is 80.9 cm³/mol. The molecule has 0 aliphatic rings. The molecule has 2 nitrogen and oxygen atoms in total. The third kappa shape index (κ3) is 4.38. The van der Waals surface area contributed by atoms with Crippen LogP contribution in [0.2, 0.25) is 0 Å². The Labute approximate surface area is 119 Å². The molecular weight excluding hydrogens is 290 g/mol. The minimum atomic E-state index is 0.0772. The molecule has 0 aliphatic carbocycles. The van der Waals surface area contributed by atoms with Crippen LogP contribution in [0.3, 0.4) is 0 Å². The van der Waals surface area contributed by atoms with Gasteiger partial charge in [0.2, 0.25) is 0 Å². The summed E-state index contributed by atoms with van der Waals surface area (Å²) in [4.78, 5) is 0. The van der Waals surface area contributed by atoms with Crippen molar-refractivity contribution in [1.29, 1.82) is 0 Å². The summed E-state index contributed by atoms with van der Waals surface area (Å²) in [5.41, 5.74) is 1.39. The molecule has 2 N–H and O–H groups in total. The van der Waals surface area contributed by atoms with Crippen LogP contribution in [0.25, 0.3) is 0 Å². The molecular formula is C15H24BrNO. The van der Waals surface area contributed by atoms with Crippen molar-refractivity contribution in [2.24, 2.45) is 5.92 Å². The van der Waals surface area contributed by atoms with Gasteiger partial charge in [-0.2, -0.15) is 0 Å². The van der Waals surface area contributed by atoms with Gasteiger partial charge in [0.05, 0.1) is 0 Å². The lowest BCUT2D eigenvalue weighted by Gasteiger charge is -2.28. The van der Waals surface area contributed by atoms with Crippen LogP contribution in [0.1, 0.15) is 32.8 Å². The SMILES string of the molecule is CCC(CO)CNCC(C)(C)c1ccccc1Br. The number of benzene rings is 1.